The van der Waals surface area contributed by atoms with Gasteiger partial charge in [-0.05, 0) is 38.8 Å². The molecule has 1 aromatic rings. The van der Waals surface area contributed by atoms with E-state index in [0.717, 1.165) is 12.8 Å². The number of hydrogen-bond acceptors (Lipinski definition) is 3. The third-order valence-electron chi connectivity index (χ3n) is 3.37. The molecule has 6 heteroatoms. The van der Waals surface area contributed by atoms with E-state index in [9.17, 15) is 8.42 Å². The fourth-order valence-corrected chi connectivity index (χ4v) is 4.92. The predicted octanol–water partition coefficient (Wildman–Crippen LogP) is 2.49. The smallest absolute Gasteiger partial charge is 0.247 e. The van der Waals surface area contributed by atoms with Gasteiger partial charge in [0.2, 0.25) is 10.0 Å². The van der Waals surface area contributed by atoms with E-state index in [1.54, 1.807) is 18.2 Å². The van der Waals surface area contributed by atoms with Crippen LogP contribution in [-0.2, 0) is 10.0 Å². The van der Waals surface area contributed by atoms with Crippen LogP contribution >= 0.6 is 11.6 Å². The Labute approximate surface area is 113 Å². The van der Waals surface area contributed by atoms with Gasteiger partial charge in [-0.2, -0.15) is 4.31 Å². The van der Waals surface area contributed by atoms with E-state index in [0.29, 0.717) is 6.54 Å². The molecule has 2 N–H and O–H groups in total. The molecule has 1 aliphatic heterocycles. The van der Waals surface area contributed by atoms with Crippen LogP contribution in [-0.4, -0.2) is 24.8 Å². The first-order chi connectivity index (χ1) is 8.27. The van der Waals surface area contributed by atoms with Crippen LogP contribution in [0.1, 0.15) is 26.7 Å². The number of nitrogen functional groups attached to an aromatic ring is 1. The summed E-state index contributed by atoms with van der Waals surface area (Å²) in [5, 5.41) is 0.178. The highest BCUT2D eigenvalue weighted by Crippen LogP contribution is 2.37. The highest BCUT2D eigenvalue weighted by molar-refractivity contribution is 7.89. The first-order valence-corrected chi connectivity index (χ1v) is 7.65. The van der Waals surface area contributed by atoms with Crippen LogP contribution in [0.3, 0.4) is 0 Å². The summed E-state index contributed by atoms with van der Waals surface area (Å²) in [7, 11) is -3.63. The third kappa shape index (κ3) is 2.11. The second kappa shape index (κ2) is 4.40. The normalized spacial score (nSPS) is 20.2. The molecule has 1 fully saturated rings. The Morgan fingerprint density at radius 3 is 2.56 bits per heavy atom. The van der Waals surface area contributed by atoms with Gasteiger partial charge in [0.1, 0.15) is 4.90 Å². The van der Waals surface area contributed by atoms with Gasteiger partial charge in [-0.25, -0.2) is 8.42 Å². The Morgan fingerprint density at radius 1 is 1.39 bits per heavy atom. The van der Waals surface area contributed by atoms with E-state index >= 15 is 0 Å². The maximum atomic E-state index is 12.7. The molecular weight excluding hydrogens is 272 g/mol. The number of rotatable bonds is 2. The van der Waals surface area contributed by atoms with Crippen LogP contribution < -0.4 is 5.73 Å². The number of sulfonamides is 1. The fraction of sp³-hybridized carbons (Fsp3) is 0.500. The largest absolute Gasteiger partial charge is 0.398 e. The van der Waals surface area contributed by atoms with Crippen molar-refractivity contribution in [1.82, 2.24) is 4.31 Å². The Bertz CT molecular complexity index is 549. The van der Waals surface area contributed by atoms with E-state index in [-0.39, 0.29) is 21.1 Å². The average Bonchev–Trinajstić information content (AvgIpc) is 2.58. The third-order valence-corrected chi connectivity index (χ3v) is 6.03. The molecule has 0 radical (unpaired) electrons. The lowest BCUT2D eigenvalue weighted by Crippen LogP contribution is -2.42. The molecule has 4 nitrogen and oxygen atoms in total. The lowest BCUT2D eigenvalue weighted by atomic mass is 10.0. The molecule has 0 amide bonds. The van der Waals surface area contributed by atoms with E-state index in [1.807, 2.05) is 13.8 Å². The van der Waals surface area contributed by atoms with Crippen molar-refractivity contribution < 1.29 is 8.42 Å². The Morgan fingerprint density at radius 2 is 2.06 bits per heavy atom. The summed E-state index contributed by atoms with van der Waals surface area (Å²) in [6.45, 7) is 4.36. The molecule has 18 heavy (non-hydrogen) atoms. The molecule has 1 aliphatic rings. The predicted molar refractivity (Wildman–Crippen MR) is 73.1 cm³/mol. The maximum Gasteiger partial charge on any atom is 0.247 e. The molecule has 1 aromatic carbocycles. The summed E-state index contributed by atoms with van der Waals surface area (Å²) < 4.78 is 26.8. The summed E-state index contributed by atoms with van der Waals surface area (Å²) in [4.78, 5) is 0.0293. The highest BCUT2D eigenvalue weighted by Gasteiger charge is 2.42. The molecular formula is C12H17ClN2O2S. The number of anilines is 1. The molecule has 0 atom stereocenters. The molecule has 0 spiro atoms. The lowest BCUT2D eigenvalue weighted by Gasteiger charge is -2.31. The van der Waals surface area contributed by atoms with Crippen molar-refractivity contribution in [2.75, 3.05) is 12.3 Å². The van der Waals surface area contributed by atoms with Crippen LogP contribution in [0, 0.1) is 0 Å². The first-order valence-electron chi connectivity index (χ1n) is 5.84. The van der Waals surface area contributed by atoms with Crippen LogP contribution in [0.2, 0.25) is 5.02 Å². The molecule has 1 saturated heterocycles. The molecule has 0 aliphatic carbocycles. The minimum Gasteiger partial charge on any atom is -0.398 e. The zero-order valence-electron chi connectivity index (χ0n) is 10.5. The van der Waals surface area contributed by atoms with Crippen LogP contribution in [0.15, 0.2) is 23.1 Å². The van der Waals surface area contributed by atoms with Crippen molar-refractivity contribution in [3.8, 4) is 0 Å². The molecule has 2 rings (SSSR count). The van der Waals surface area contributed by atoms with Crippen molar-refractivity contribution in [2.45, 2.75) is 37.1 Å². The second-order valence-electron chi connectivity index (χ2n) is 5.15. The van der Waals surface area contributed by atoms with Gasteiger partial charge in [0.05, 0.1) is 10.7 Å². The van der Waals surface area contributed by atoms with Crippen LogP contribution in [0.4, 0.5) is 5.69 Å². The monoisotopic (exact) mass is 288 g/mol. The van der Waals surface area contributed by atoms with Gasteiger partial charge in [-0.3, -0.25) is 0 Å². The molecule has 100 valence electrons. The van der Waals surface area contributed by atoms with E-state index in [2.05, 4.69) is 0 Å². The summed E-state index contributed by atoms with van der Waals surface area (Å²) in [5.74, 6) is 0. The summed E-state index contributed by atoms with van der Waals surface area (Å²) in [5.41, 5.74) is 5.59. The van der Waals surface area contributed by atoms with E-state index in [4.69, 9.17) is 17.3 Å². The van der Waals surface area contributed by atoms with E-state index in [1.165, 1.54) is 4.31 Å². The number of nitrogens with zero attached hydrogens (tertiary/aromatic N) is 1. The summed E-state index contributed by atoms with van der Waals surface area (Å²) >= 11 is 6.00. The average molecular weight is 289 g/mol. The minimum atomic E-state index is -3.63. The zero-order valence-corrected chi connectivity index (χ0v) is 12.1. The zero-order chi connectivity index (χ0) is 13.6. The van der Waals surface area contributed by atoms with E-state index < -0.39 is 10.0 Å². The standard InChI is InChI=1S/C12H17ClN2O2S/c1-12(2)7-4-8-15(12)18(16,17)11-9(13)5-3-6-10(11)14/h3,5-6H,4,7-8,14H2,1-2H3. The van der Waals surface area contributed by atoms with Gasteiger partial charge in [0.25, 0.3) is 0 Å². The van der Waals surface area contributed by atoms with Crippen molar-refractivity contribution in [2.24, 2.45) is 0 Å². The second-order valence-corrected chi connectivity index (χ2v) is 7.36. The van der Waals surface area contributed by atoms with Gasteiger partial charge in [-0.15, -0.1) is 0 Å². The summed E-state index contributed by atoms with van der Waals surface area (Å²) in [6, 6.07) is 4.75. The van der Waals surface area contributed by atoms with Gasteiger partial charge < -0.3 is 5.73 Å². The quantitative estimate of drug-likeness (QED) is 0.851. The number of nitrogens with two attached hydrogens (primary N) is 1. The minimum absolute atomic E-state index is 0.0293. The van der Waals surface area contributed by atoms with Crippen LogP contribution in [0.25, 0.3) is 0 Å². The molecule has 1 heterocycles. The number of halogens is 1. The Kier molecular flexibility index (Phi) is 3.34. The lowest BCUT2D eigenvalue weighted by molar-refractivity contribution is 0.292. The molecule has 0 unspecified atom stereocenters. The van der Waals surface area contributed by atoms with Gasteiger partial charge in [0, 0.05) is 12.1 Å². The van der Waals surface area contributed by atoms with Crippen molar-refractivity contribution in [1.29, 1.82) is 0 Å². The van der Waals surface area contributed by atoms with Gasteiger partial charge >= 0.3 is 0 Å². The maximum absolute atomic E-state index is 12.7. The number of benzene rings is 1. The Balaban J connectivity index is 2.56. The van der Waals surface area contributed by atoms with Gasteiger partial charge in [-0.1, -0.05) is 17.7 Å². The highest BCUT2D eigenvalue weighted by atomic mass is 35.5. The molecule has 0 saturated carbocycles. The topological polar surface area (TPSA) is 63.4 Å². The van der Waals surface area contributed by atoms with Crippen molar-refractivity contribution in [3.63, 3.8) is 0 Å². The Hall–Kier alpha value is -0.780. The molecule has 0 bridgehead atoms. The van der Waals surface area contributed by atoms with Crippen LogP contribution in [0.5, 0.6) is 0 Å². The molecule has 0 aromatic heterocycles. The number of hydrogen-bond donors (Lipinski definition) is 1. The van der Waals surface area contributed by atoms with Gasteiger partial charge in [0.15, 0.2) is 0 Å². The summed E-state index contributed by atoms with van der Waals surface area (Å²) in [6.07, 6.45) is 1.70. The fourth-order valence-electron chi connectivity index (χ4n) is 2.44. The SMILES string of the molecule is CC1(C)CCCN1S(=O)(=O)c1c(N)cccc1Cl. The first kappa shape index (κ1) is 13.6. The van der Waals surface area contributed by atoms with Crippen molar-refractivity contribution >= 4 is 27.3 Å². The van der Waals surface area contributed by atoms with Crippen molar-refractivity contribution in [3.05, 3.63) is 23.2 Å².